The summed E-state index contributed by atoms with van der Waals surface area (Å²) in [6.07, 6.45) is 0. The molecule has 0 saturated carbocycles. The van der Waals surface area contributed by atoms with Crippen LogP contribution >= 0.6 is 0 Å². The molecule has 0 aromatic heterocycles. The molecule has 0 aliphatic heterocycles. The van der Waals surface area contributed by atoms with Crippen molar-refractivity contribution in [3.63, 3.8) is 0 Å². The number of phenolic OH excluding ortho intramolecular Hbond substituents is 1. The second kappa shape index (κ2) is 5.71. The number of aromatic hydroxyl groups is 1. The van der Waals surface area contributed by atoms with E-state index in [1.165, 1.54) is 18.2 Å². The second-order valence-electron chi connectivity index (χ2n) is 4.44. The summed E-state index contributed by atoms with van der Waals surface area (Å²) in [6.45, 7) is 1.91. The van der Waals surface area contributed by atoms with Gasteiger partial charge in [0.15, 0.2) is 0 Å². The first kappa shape index (κ1) is 14.0. The van der Waals surface area contributed by atoms with Crippen molar-refractivity contribution in [2.45, 2.75) is 13.5 Å². The van der Waals surface area contributed by atoms with Crippen molar-refractivity contribution in [2.75, 3.05) is 5.32 Å². The number of carbonyl (C=O) groups excluding carboxylic acids is 1. The Hall–Kier alpha value is -2.40. The number of hydrogen-bond donors (Lipinski definition) is 3. The number of carbonyl (C=O) groups is 1. The molecule has 4 nitrogen and oxygen atoms in total. The number of halogens is 1. The Labute approximate surface area is 116 Å². The molecule has 0 radical (unpaired) electrons. The van der Waals surface area contributed by atoms with E-state index in [4.69, 9.17) is 5.73 Å². The third-order valence-electron chi connectivity index (χ3n) is 3.00. The zero-order valence-corrected chi connectivity index (χ0v) is 11.0. The highest BCUT2D eigenvalue weighted by Gasteiger charge is 2.14. The first-order valence-corrected chi connectivity index (χ1v) is 6.11. The predicted molar refractivity (Wildman–Crippen MR) is 75.1 cm³/mol. The third kappa shape index (κ3) is 2.78. The molecular formula is C15H15FN2O2. The van der Waals surface area contributed by atoms with Crippen LogP contribution in [0.3, 0.4) is 0 Å². The highest BCUT2D eigenvalue weighted by molar-refractivity contribution is 6.06. The molecule has 0 fully saturated rings. The van der Waals surface area contributed by atoms with Gasteiger partial charge < -0.3 is 16.2 Å². The maximum atomic E-state index is 13.8. The Morgan fingerprint density at radius 3 is 2.75 bits per heavy atom. The number of hydrogen-bond acceptors (Lipinski definition) is 3. The van der Waals surface area contributed by atoms with Gasteiger partial charge in [0.05, 0.1) is 11.3 Å². The lowest BCUT2D eigenvalue weighted by atomic mass is 10.1. The normalized spacial score (nSPS) is 10.3. The molecule has 20 heavy (non-hydrogen) atoms. The van der Waals surface area contributed by atoms with Gasteiger partial charge in [-0.2, -0.15) is 0 Å². The van der Waals surface area contributed by atoms with Crippen LogP contribution in [0, 0.1) is 12.7 Å². The molecule has 0 spiro atoms. The molecule has 0 atom stereocenters. The molecule has 1 amide bonds. The van der Waals surface area contributed by atoms with Crippen LogP contribution in [0.1, 0.15) is 21.5 Å². The highest BCUT2D eigenvalue weighted by Crippen LogP contribution is 2.23. The summed E-state index contributed by atoms with van der Waals surface area (Å²) in [5.41, 5.74) is 6.78. The molecule has 0 bridgehead atoms. The Balaban J connectivity index is 2.26. The predicted octanol–water partition coefficient (Wildman–Crippen LogP) is 2.55. The Kier molecular flexibility index (Phi) is 4.00. The smallest absolute Gasteiger partial charge is 0.259 e. The minimum absolute atomic E-state index is 0.0492. The molecule has 0 aliphatic rings. The van der Waals surface area contributed by atoms with E-state index in [0.29, 0.717) is 11.1 Å². The van der Waals surface area contributed by atoms with Gasteiger partial charge in [-0.25, -0.2) is 4.39 Å². The third-order valence-corrected chi connectivity index (χ3v) is 3.00. The summed E-state index contributed by atoms with van der Waals surface area (Å²) in [4.78, 5) is 12.0. The highest BCUT2D eigenvalue weighted by atomic mass is 19.1. The largest absolute Gasteiger partial charge is 0.507 e. The zero-order chi connectivity index (χ0) is 14.7. The molecule has 2 rings (SSSR count). The van der Waals surface area contributed by atoms with Gasteiger partial charge in [-0.1, -0.05) is 18.2 Å². The van der Waals surface area contributed by atoms with Crippen LogP contribution in [0.2, 0.25) is 0 Å². The first-order chi connectivity index (χ1) is 9.52. The van der Waals surface area contributed by atoms with Crippen LogP contribution in [0.25, 0.3) is 0 Å². The van der Waals surface area contributed by atoms with Crippen LogP contribution in [-0.2, 0) is 6.54 Å². The fourth-order valence-corrected chi connectivity index (χ4v) is 1.82. The van der Waals surface area contributed by atoms with Crippen LogP contribution < -0.4 is 11.1 Å². The number of amides is 1. The second-order valence-corrected chi connectivity index (χ2v) is 4.44. The molecule has 0 aliphatic carbocycles. The zero-order valence-electron chi connectivity index (χ0n) is 11.0. The fraction of sp³-hybridized carbons (Fsp3) is 0.133. The lowest BCUT2D eigenvalue weighted by Crippen LogP contribution is -2.13. The van der Waals surface area contributed by atoms with E-state index >= 15 is 0 Å². The monoisotopic (exact) mass is 274 g/mol. The summed E-state index contributed by atoms with van der Waals surface area (Å²) >= 11 is 0. The minimum Gasteiger partial charge on any atom is -0.507 e. The Bertz CT molecular complexity index is 656. The van der Waals surface area contributed by atoms with Crippen molar-refractivity contribution >= 4 is 11.6 Å². The van der Waals surface area contributed by atoms with E-state index < -0.39 is 11.7 Å². The minimum atomic E-state index is -0.564. The summed E-state index contributed by atoms with van der Waals surface area (Å²) in [5.74, 6) is -1.23. The van der Waals surface area contributed by atoms with Crippen molar-refractivity contribution in [2.24, 2.45) is 5.73 Å². The van der Waals surface area contributed by atoms with Crippen molar-refractivity contribution in [1.29, 1.82) is 0 Å². The van der Waals surface area contributed by atoms with E-state index in [0.717, 1.165) is 0 Å². The quantitative estimate of drug-likeness (QED) is 0.805. The van der Waals surface area contributed by atoms with Crippen LogP contribution in [0.4, 0.5) is 10.1 Å². The Morgan fingerprint density at radius 1 is 1.35 bits per heavy atom. The van der Waals surface area contributed by atoms with Gasteiger partial charge in [0.1, 0.15) is 11.6 Å². The Morgan fingerprint density at radius 2 is 2.10 bits per heavy atom. The first-order valence-electron chi connectivity index (χ1n) is 6.11. The molecule has 4 N–H and O–H groups in total. The number of anilines is 1. The molecular weight excluding hydrogens is 259 g/mol. The summed E-state index contributed by atoms with van der Waals surface area (Å²) in [7, 11) is 0. The van der Waals surface area contributed by atoms with Crippen LogP contribution in [0.15, 0.2) is 36.4 Å². The summed E-state index contributed by atoms with van der Waals surface area (Å²) < 4.78 is 13.8. The maximum absolute atomic E-state index is 13.8. The van der Waals surface area contributed by atoms with E-state index in [1.54, 1.807) is 25.1 Å². The molecule has 5 heteroatoms. The SMILES string of the molecule is Cc1cccc(C(=O)Nc2ccc(CN)cc2F)c1O. The van der Waals surface area contributed by atoms with Gasteiger partial charge in [0.25, 0.3) is 5.91 Å². The molecule has 0 saturated heterocycles. The number of rotatable bonds is 3. The number of phenols is 1. The van der Waals surface area contributed by atoms with E-state index in [-0.39, 0.29) is 23.5 Å². The van der Waals surface area contributed by atoms with Crippen molar-refractivity contribution in [3.05, 3.63) is 58.9 Å². The van der Waals surface area contributed by atoms with Crippen LogP contribution in [-0.4, -0.2) is 11.0 Å². The van der Waals surface area contributed by atoms with Gasteiger partial charge in [-0.05, 0) is 36.2 Å². The van der Waals surface area contributed by atoms with Gasteiger partial charge in [-0.15, -0.1) is 0 Å². The maximum Gasteiger partial charge on any atom is 0.259 e. The molecule has 0 heterocycles. The fourth-order valence-electron chi connectivity index (χ4n) is 1.82. The summed E-state index contributed by atoms with van der Waals surface area (Å²) in [5, 5.41) is 12.3. The van der Waals surface area contributed by atoms with Crippen molar-refractivity contribution < 1.29 is 14.3 Å². The molecule has 2 aromatic rings. The van der Waals surface area contributed by atoms with Gasteiger partial charge in [-0.3, -0.25) is 4.79 Å². The van der Waals surface area contributed by atoms with Crippen molar-refractivity contribution in [1.82, 2.24) is 0 Å². The van der Waals surface area contributed by atoms with Gasteiger partial charge in [0, 0.05) is 6.54 Å². The number of aryl methyl sites for hydroxylation is 1. The molecule has 0 unspecified atom stereocenters. The lowest BCUT2D eigenvalue weighted by Gasteiger charge is -2.09. The van der Waals surface area contributed by atoms with E-state index in [1.807, 2.05) is 0 Å². The lowest BCUT2D eigenvalue weighted by molar-refractivity contribution is 0.102. The van der Waals surface area contributed by atoms with E-state index in [9.17, 15) is 14.3 Å². The standard InChI is InChI=1S/C15H15FN2O2/c1-9-3-2-4-11(14(9)19)15(20)18-13-6-5-10(8-17)7-12(13)16/h2-7,19H,8,17H2,1H3,(H,18,20). The number of para-hydroxylation sites is 1. The van der Waals surface area contributed by atoms with Gasteiger partial charge >= 0.3 is 0 Å². The number of nitrogens with one attached hydrogen (secondary N) is 1. The van der Waals surface area contributed by atoms with Crippen LogP contribution in [0.5, 0.6) is 5.75 Å². The number of benzene rings is 2. The topological polar surface area (TPSA) is 75.4 Å². The van der Waals surface area contributed by atoms with E-state index in [2.05, 4.69) is 5.32 Å². The van der Waals surface area contributed by atoms with Crippen molar-refractivity contribution in [3.8, 4) is 5.75 Å². The average Bonchev–Trinajstić information content (AvgIpc) is 2.44. The van der Waals surface area contributed by atoms with Gasteiger partial charge in [0.2, 0.25) is 0 Å². The molecule has 2 aromatic carbocycles. The molecule has 104 valence electrons. The average molecular weight is 274 g/mol. The number of nitrogens with two attached hydrogens (primary N) is 1. The summed E-state index contributed by atoms with van der Waals surface area (Å²) in [6, 6.07) is 9.16.